The third-order valence-corrected chi connectivity index (χ3v) is 2.92. The van der Waals surface area contributed by atoms with E-state index < -0.39 is 5.60 Å². The van der Waals surface area contributed by atoms with Crippen molar-refractivity contribution in [3.63, 3.8) is 0 Å². The highest BCUT2D eigenvalue weighted by molar-refractivity contribution is 6.30. The van der Waals surface area contributed by atoms with Gasteiger partial charge in [0, 0.05) is 17.9 Å². The van der Waals surface area contributed by atoms with Crippen LogP contribution in [0.5, 0.6) is 0 Å². The lowest BCUT2D eigenvalue weighted by molar-refractivity contribution is 0.0607. The largest absolute Gasteiger partial charge is 0.472 e. The lowest BCUT2D eigenvalue weighted by Crippen LogP contribution is -2.29. The molecule has 0 radical (unpaired) electrons. The van der Waals surface area contributed by atoms with Crippen molar-refractivity contribution in [3.05, 3.63) is 59.0 Å². The van der Waals surface area contributed by atoms with Gasteiger partial charge in [0.05, 0.1) is 18.1 Å². The first-order valence-electron chi connectivity index (χ1n) is 5.53. The molecule has 0 amide bonds. The highest BCUT2D eigenvalue weighted by Crippen LogP contribution is 2.20. The van der Waals surface area contributed by atoms with Crippen molar-refractivity contribution in [1.29, 1.82) is 0 Å². The zero-order valence-electron chi connectivity index (χ0n) is 9.69. The summed E-state index contributed by atoms with van der Waals surface area (Å²) in [5, 5.41) is 11.0. The first kappa shape index (κ1) is 12.2. The van der Waals surface area contributed by atoms with Gasteiger partial charge in [0.1, 0.15) is 0 Å². The Morgan fingerprint density at radius 1 is 1.12 bits per heavy atom. The molecule has 0 saturated heterocycles. The van der Waals surface area contributed by atoms with Crippen molar-refractivity contribution in [2.45, 2.75) is 25.4 Å². The predicted molar refractivity (Wildman–Crippen MR) is 68.2 cm³/mol. The fourth-order valence-corrected chi connectivity index (χ4v) is 2.06. The van der Waals surface area contributed by atoms with Crippen LogP contribution in [0.2, 0.25) is 5.02 Å². The molecule has 17 heavy (non-hydrogen) atoms. The Bertz CT molecular complexity index is 457. The summed E-state index contributed by atoms with van der Waals surface area (Å²) in [4.78, 5) is 0. The molecular weight excluding hydrogens is 236 g/mol. The van der Waals surface area contributed by atoms with Gasteiger partial charge in [-0.25, -0.2) is 0 Å². The predicted octanol–water partition coefficient (Wildman–Crippen LogP) is 3.47. The van der Waals surface area contributed by atoms with Crippen molar-refractivity contribution in [3.8, 4) is 0 Å². The standard InChI is InChI=1S/C14H15ClO2/c1-14(16,9-12-6-7-17-10-12)8-11-2-4-13(15)5-3-11/h2-7,10,16H,8-9H2,1H3. The Kier molecular flexibility index (Phi) is 3.55. The van der Waals surface area contributed by atoms with Crippen LogP contribution < -0.4 is 0 Å². The average molecular weight is 251 g/mol. The van der Waals surface area contributed by atoms with E-state index in [1.165, 1.54) is 0 Å². The van der Waals surface area contributed by atoms with Crippen molar-refractivity contribution in [2.75, 3.05) is 0 Å². The lowest BCUT2D eigenvalue weighted by atomic mass is 9.91. The highest BCUT2D eigenvalue weighted by atomic mass is 35.5. The van der Waals surface area contributed by atoms with Crippen LogP contribution in [0.25, 0.3) is 0 Å². The molecule has 0 saturated carbocycles. The van der Waals surface area contributed by atoms with Gasteiger partial charge in [-0.05, 0) is 36.2 Å². The summed E-state index contributed by atoms with van der Waals surface area (Å²) in [6.45, 7) is 1.83. The molecule has 1 aromatic heterocycles. The molecule has 0 aliphatic heterocycles. The average Bonchev–Trinajstić information content (AvgIpc) is 2.73. The van der Waals surface area contributed by atoms with Crippen LogP contribution in [0.4, 0.5) is 0 Å². The van der Waals surface area contributed by atoms with Gasteiger partial charge in [-0.15, -0.1) is 0 Å². The van der Waals surface area contributed by atoms with E-state index in [4.69, 9.17) is 16.0 Å². The van der Waals surface area contributed by atoms with Crippen LogP contribution in [0.3, 0.4) is 0 Å². The molecule has 1 unspecified atom stereocenters. The maximum atomic E-state index is 10.3. The van der Waals surface area contributed by atoms with Gasteiger partial charge < -0.3 is 9.52 Å². The number of rotatable bonds is 4. The van der Waals surface area contributed by atoms with Crippen molar-refractivity contribution in [2.24, 2.45) is 0 Å². The van der Waals surface area contributed by atoms with Gasteiger partial charge in [0.2, 0.25) is 0 Å². The van der Waals surface area contributed by atoms with Crippen LogP contribution in [-0.2, 0) is 12.8 Å². The van der Waals surface area contributed by atoms with Crippen molar-refractivity contribution >= 4 is 11.6 Å². The van der Waals surface area contributed by atoms with Crippen LogP contribution in [-0.4, -0.2) is 10.7 Å². The topological polar surface area (TPSA) is 33.4 Å². The minimum absolute atomic E-state index is 0.576. The number of halogens is 1. The summed E-state index contributed by atoms with van der Waals surface area (Å²) in [5.41, 5.74) is 1.30. The minimum atomic E-state index is -0.780. The molecule has 3 heteroatoms. The summed E-state index contributed by atoms with van der Waals surface area (Å²) in [6, 6.07) is 9.42. The Balaban J connectivity index is 2.03. The molecule has 0 fully saturated rings. The van der Waals surface area contributed by atoms with Crippen LogP contribution in [0, 0.1) is 0 Å². The molecule has 1 heterocycles. The molecule has 0 bridgehead atoms. The quantitative estimate of drug-likeness (QED) is 0.902. The Morgan fingerprint density at radius 3 is 2.35 bits per heavy atom. The van der Waals surface area contributed by atoms with Gasteiger partial charge in [0.25, 0.3) is 0 Å². The van der Waals surface area contributed by atoms with Gasteiger partial charge >= 0.3 is 0 Å². The smallest absolute Gasteiger partial charge is 0.0935 e. The van der Waals surface area contributed by atoms with Crippen LogP contribution >= 0.6 is 11.6 Å². The Labute approximate surface area is 106 Å². The number of furan rings is 1. The fraction of sp³-hybridized carbons (Fsp3) is 0.286. The second kappa shape index (κ2) is 4.94. The summed E-state index contributed by atoms with van der Waals surface area (Å²) >= 11 is 5.82. The second-order valence-electron chi connectivity index (χ2n) is 4.61. The van der Waals surface area contributed by atoms with E-state index in [2.05, 4.69) is 0 Å². The van der Waals surface area contributed by atoms with Crippen molar-refractivity contribution in [1.82, 2.24) is 0 Å². The zero-order chi connectivity index (χ0) is 12.3. The van der Waals surface area contributed by atoms with Crippen molar-refractivity contribution < 1.29 is 9.52 Å². The molecule has 90 valence electrons. The number of hydrogen-bond donors (Lipinski definition) is 1. The number of aliphatic hydroxyl groups is 1. The summed E-state index contributed by atoms with van der Waals surface area (Å²) < 4.78 is 5.00. The fourth-order valence-electron chi connectivity index (χ4n) is 1.94. The Morgan fingerprint density at radius 2 is 1.76 bits per heavy atom. The summed E-state index contributed by atoms with van der Waals surface area (Å²) in [6.07, 6.45) is 4.45. The maximum Gasteiger partial charge on any atom is 0.0935 e. The Hall–Kier alpha value is -1.25. The summed E-state index contributed by atoms with van der Waals surface area (Å²) in [7, 11) is 0. The molecule has 0 spiro atoms. The van der Waals surface area contributed by atoms with Gasteiger partial charge in [-0.3, -0.25) is 0 Å². The molecular formula is C14H15ClO2. The van der Waals surface area contributed by atoms with E-state index in [-0.39, 0.29) is 0 Å². The van der Waals surface area contributed by atoms with Gasteiger partial charge in [-0.1, -0.05) is 23.7 Å². The van der Waals surface area contributed by atoms with Gasteiger partial charge in [-0.2, -0.15) is 0 Å². The molecule has 1 aromatic carbocycles. The van der Waals surface area contributed by atoms with Crippen LogP contribution in [0.1, 0.15) is 18.1 Å². The molecule has 1 atom stereocenters. The van der Waals surface area contributed by atoms with Crippen LogP contribution in [0.15, 0.2) is 47.3 Å². The third-order valence-electron chi connectivity index (χ3n) is 2.66. The molecule has 0 aliphatic rings. The van der Waals surface area contributed by atoms with E-state index in [1.54, 1.807) is 12.5 Å². The molecule has 1 N–H and O–H groups in total. The molecule has 2 nitrogen and oxygen atoms in total. The van der Waals surface area contributed by atoms with E-state index in [0.717, 1.165) is 11.1 Å². The molecule has 2 rings (SSSR count). The highest BCUT2D eigenvalue weighted by Gasteiger charge is 2.21. The molecule has 0 aliphatic carbocycles. The van der Waals surface area contributed by atoms with E-state index in [0.29, 0.717) is 17.9 Å². The SMILES string of the molecule is CC(O)(Cc1ccc(Cl)cc1)Cc1ccoc1. The lowest BCUT2D eigenvalue weighted by Gasteiger charge is -2.22. The maximum absolute atomic E-state index is 10.3. The monoisotopic (exact) mass is 250 g/mol. The number of hydrogen-bond acceptors (Lipinski definition) is 2. The number of benzene rings is 1. The van der Waals surface area contributed by atoms with Gasteiger partial charge in [0.15, 0.2) is 0 Å². The first-order valence-corrected chi connectivity index (χ1v) is 5.91. The summed E-state index contributed by atoms with van der Waals surface area (Å²) in [5.74, 6) is 0. The minimum Gasteiger partial charge on any atom is -0.472 e. The zero-order valence-corrected chi connectivity index (χ0v) is 10.4. The first-order chi connectivity index (χ1) is 8.05. The van der Waals surface area contributed by atoms with E-state index in [1.807, 2.05) is 37.3 Å². The normalized spacial score (nSPS) is 14.5. The van der Waals surface area contributed by atoms with E-state index in [9.17, 15) is 5.11 Å². The van der Waals surface area contributed by atoms with E-state index >= 15 is 0 Å². The molecule has 2 aromatic rings. The third kappa shape index (κ3) is 3.62. The second-order valence-corrected chi connectivity index (χ2v) is 5.04.